The van der Waals surface area contributed by atoms with Crippen molar-refractivity contribution in [2.45, 2.75) is 40.2 Å². The topological polar surface area (TPSA) is 76.7 Å². The molecule has 0 saturated heterocycles. The molecule has 0 aliphatic heterocycles. The molecule has 2 amide bonds. The van der Waals surface area contributed by atoms with E-state index in [-0.39, 0.29) is 12.3 Å². The van der Waals surface area contributed by atoms with Crippen molar-refractivity contribution in [1.82, 2.24) is 10.9 Å². The summed E-state index contributed by atoms with van der Waals surface area (Å²) < 4.78 is 10.7. The molecule has 0 saturated carbocycles. The molecule has 0 spiro atoms. The van der Waals surface area contributed by atoms with Crippen LogP contribution in [0.4, 0.5) is 0 Å². The van der Waals surface area contributed by atoms with Gasteiger partial charge in [0.15, 0.2) is 6.10 Å². The monoisotopic (exact) mass is 308 g/mol. The minimum atomic E-state index is -0.716. The average molecular weight is 308 g/mol. The normalized spacial score (nSPS) is 11.6. The molecule has 1 aromatic carbocycles. The zero-order valence-electron chi connectivity index (χ0n) is 13.6. The lowest BCUT2D eigenvalue weighted by atomic mass is 10.1. The number of amides is 2. The molecule has 2 N–H and O–H groups in total. The van der Waals surface area contributed by atoms with Gasteiger partial charge in [0.1, 0.15) is 5.75 Å². The lowest BCUT2D eigenvalue weighted by Crippen LogP contribution is -2.47. The maximum atomic E-state index is 11.9. The fourth-order valence-electron chi connectivity index (χ4n) is 1.82. The van der Waals surface area contributed by atoms with Crippen LogP contribution in [0.1, 0.15) is 31.4 Å². The zero-order valence-corrected chi connectivity index (χ0v) is 13.6. The Labute approximate surface area is 131 Å². The quantitative estimate of drug-likeness (QED) is 0.593. The van der Waals surface area contributed by atoms with Gasteiger partial charge in [-0.15, -0.1) is 0 Å². The molecule has 0 heterocycles. The second-order valence-electron chi connectivity index (χ2n) is 4.97. The molecule has 6 heteroatoms. The van der Waals surface area contributed by atoms with Gasteiger partial charge in [-0.05, 0) is 38.8 Å². The van der Waals surface area contributed by atoms with E-state index in [0.717, 1.165) is 11.1 Å². The third-order valence-corrected chi connectivity index (χ3v) is 3.08. The van der Waals surface area contributed by atoms with Gasteiger partial charge in [-0.25, -0.2) is 0 Å². The van der Waals surface area contributed by atoms with E-state index >= 15 is 0 Å². The van der Waals surface area contributed by atoms with E-state index in [2.05, 4.69) is 10.9 Å². The highest BCUT2D eigenvalue weighted by Crippen LogP contribution is 2.23. The van der Waals surface area contributed by atoms with E-state index in [1.807, 2.05) is 39.0 Å². The van der Waals surface area contributed by atoms with Gasteiger partial charge in [-0.1, -0.05) is 18.2 Å². The van der Waals surface area contributed by atoms with Crippen LogP contribution in [0, 0.1) is 13.8 Å². The summed E-state index contributed by atoms with van der Waals surface area (Å²) in [6.07, 6.45) is -0.521. The predicted molar refractivity (Wildman–Crippen MR) is 83.4 cm³/mol. The Hall–Kier alpha value is -2.08. The Kier molecular flexibility index (Phi) is 7.39. The van der Waals surface area contributed by atoms with Crippen LogP contribution in [0.2, 0.25) is 0 Å². The summed E-state index contributed by atoms with van der Waals surface area (Å²) in [5.74, 6) is -0.0266. The first-order valence-electron chi connectivity index (χ1n) is 7.35. The van der Waals surface area contributed by atoms with Gasteiger partial charge >= 0.3 is 0 Å². The van der Waals surface area contributed by atoms with E-state index in [1.165, 1.54) is 0 Å². The summed E-state index contributed by atoms with van der Waals surface area (Å²) >= 11 is 0. The van der Waals surface area contributed by atoms with Crippen LogP contribution in [-0.4, -0.2) is 31.1 Å². The fraction of sp³-hybridized carbons (Fsp3) is 0.500. The maximum Gasteiger partial charge on any atom is 0.279 e. The van der Waals surface area contributed by atoms with Crippen LogP contribution in [0.3, 0.4) is 0 Å². The molecule has 22 heavy (non-hydrogen) atoms. The number of aryl methyl sites for hydroxylation is 2. The lowest BCUT2D eigenvalue weighted by molar-refractivity contribution is -0.133. The second kappa shape index (κ2) is 9.04. The number of hydrogen-bond acceptors (Lipinski definition) is 4. The van der Waals surface area contributed by atoms with E-state index in [1.54, 1.807) is 6.92 Å². The SMILES string of the molecule is CCOCCC(=O)NNC(=O)C(C)Oc1c(C)cccc1C. The van der Waals surface area contributed by atoms with Crippen LogP contribution in [-0.2, 0) is 14.3 Å². The highest BCUT2D eigenvalue weighted by Gasteiger charge is 2.17. The summed E-state index contributed by atoms with van der Waals surface area (Å²) in [5.41, 5.74) is 6.61. The van der Waals surface area contributed by atoms with Gasteiger partial charge in [0.05, 0.1) is 13.0 Å². The number of nitrogens with one attached hydrogen (secondary N) is 2. The van der Waals surface area contributed by atoms with Crippen molar-refractivity contribution in [2.75, 3.05) is 13.2 Å². The first kappa shape index (κ1) is 18.0. The maximum absolute atomic E-state index is 11.9. The number of ether oxygens (including phenoxy) is 2. The molecule has 1 unspecified atom stereocenters. The summed E-state index contributed by atoms with van der Waals surface area (Å²) in [7, 11) is 0. The summed E-state index contributed by atoms with van der Waals surface area (Å²) in [4.78, 5) is 23.4. The number of carbonyl (C=O) groups is 2. The number of para-hydroxylation sites is 1. The van der Waals surface area contributed by atoms with Gasteiger partial charge in [-0.3, -0.25) is 20.4 Å². The molecule has 1 aromatic rings. The molecule has 0 aliphatic carbocycles. The molecular weight excluding hydrogens is 284 g/mol. The van der Waals surface area contributed by atoms with Gasteiger partial charge < -0.3 is 9.47 Å². The van der Waals surface area contributed by atoms with Crippen molar-refractivity contribution < 1.29 is 19.1 Å². The lowest BCUT2D eigenvalue weighted by Gasteiger charge is -2.18. The third-order valence-electron chi connectivity index (χ3n) is 3.08. The Morgan fingerprint density at radius 2 is 1.82 bits per heavy atom. The minimum Gasteiger partial charge on any atom is -0.480 e. The molecule has 0 radical (unpaired) electrons. The largest absolute Gasteiger partial charge is 0.480 e. The van der Waals surface area contributed by atoms with E-state index < -0.39 is 12.0 Å². The van der Waals surface area contributed by atoms with Crippen LogP contribution < -0.4 is 15.6 Å². The van der Waals surface area contributed by atoms with Crippen molar-refractivity contribution in [1.29, 1.82) is 0 Å². The highest BCUT2D eigenvalue weighted by atomic mass is 16.5. The van der Waals surface area contributed by atoms with Crippen molar-refractivity contribution in [3.05, 3.63) is 29.3 Å². The Morgan fingerprint density at radius 1 is 1.18 bits per heavy atom. The van der Waals surface area contributed by atoms with Crippen molar-refractivity contribution in [3.63, 3.8) is 0 Å². The number of carbonyl (C=O) groups excluding carboxylic acids is 2. The molecule has 0 aliphatic rings. The average Bonchev–Trinajstić information content (AvgIpc) is 2.48. The molecule has 0 bridgehead atoms. The van der Waals surface area contributed by atoms with Gasteiger partial charge in [-0.2, -0.15) is 0 Å². The number of hydrogen-bond donors (Lipinski definition) is 2. The summed E-state index contributed by atoms with van der Waals surface area (Å²) in [5, 5.41) is 0. The standard InChI is InChI=1S/C16H24N2O4/c1-5-21-10-9-14(19)17-18-16(20)13(4)22-15-11(2)7-6-8-12(15)3/h6-8,13H,5,9-10H2,1-4H3,(H,17,19)(H,18,20). The van der Waals surface area contributed by atoms with Crippen LogP contribution >= 0.6 is 0 Å². The first-order chi connectivity index (χ1) is 10.5. The van der Waals surface area contributed by atoms with Crippen molar-refractivity contribution >= 4 is 11.8 Å². The van der Waals surface area contributed by atoms with E-state index in [0.29, 0.717) is 19.0 Å². The summed E-state index contributed by atoms with van der Waals surface area (Å²) in [6, 6.07) is 5.77. The number of benzene rings is 1. The minimum absolute atomic E-state index is 0.195. The van der Waals surface area contributed by atoms with Crippen LogP contribution in [0.5, 0.6) is 5.75 Å². The molecule has 1 rings (SSSR count). The van der Waals surface area contributed by atoms with Crippen LogP contribution in [0.15, 0.2) is 18.2 Å². The number of rotatable bonds is 7. The molecular formula is C16H24N2O4. The first-order valence-corrected chi connectivity index (χ1v) is 7.35. The van der Waals surface area contributed by atoms with E-state index in [4.69, 9.17) is 9.47 Å². The van der Waals surface area contributed by atoms with Crippen molar-refractivity contribution in [3.8, 4) is 5.75 Å². The van der Waals surface area contributed by atoms with Gasteiger partial charge in [0, 0.05) is 6.61 Å². The molecule has 0 fully saturated rings. The fourth-order valence-corrected chi connectivity index (χ4v) is 1.82. The predicted octanol–water partition coefficient (Wildman–Crippen LogP) is 1.64. The third kappa shape index (κ3) is 5.73. The second-order valence-corrected chi connectivity index (χ2v) is 4.97. The zero-order chi connectivity index (χ0) is 16.5. The summed E-state index contributed by atoms with van der Waals surface area (Å²) in [6.45, 7) is 8.21. The van der Waals surface area contributed by atoms with Gasteiger partial charge in [0.25, 0.3) is 5.91 Å². The molecule has 0 aromatic heterocycles. The smallest absolute Gasteiger partial charge is 0.279 e. The Morgan fingerprint density at radius 3 is 2.41 bits per heavy atom. The Bertz CT molecular complexity index is 497. The Balaban J connectivity index is 2.44. The molecule has 6 nitrogen and oxygen atoms in total. The van der Waals surface area contributed by atoms with Crippen LogP contribution in [0.25, 0.3) is 0 Å². The molecule has 122 valence electrons. The van der Waals surface area contributed by atoms with Crippen molar-refractivity contribution in [2.24, 2.45) is 0 Å². The van der Waals surface area contributed by atoms with Gasteiger partial charge in [0.2, 0.25) is 5.91 Å². The van der Waals surface area contributed by atoms with E-state index in [9.17, 15) is 9.59 Å². The highest BCUT2D eigenvalue weighted by molar-refractivity contribution is 5.84. The molecule has 1 atom stereocenters. The number of hydrazine groups is 1.